The molecule has 2 aromatic carbocycles. The first kappa shape index (κ1) is 25.5. The summed E-state index contributed by atoms with van der Waals surface area (Å²) < 4.78 is 55.0. The molecule has 0 N–H and O–H groups in total. The molecule has 0 saturated carbocycles. The van der Waals surface area contributed by atoms with E-state index in [2.05, 4.69) is 5.10 Å². The van der Waals surface area contributed by atoms with Crippen molar-refractivity contribution in [3.05, 3.63) is 93.2 Å². The molecule has 1 unspecified atom stereocenters. The molecule has 3 atom stereocenters. The van der Waals surface area contributed by atoms with E-state index in [0.717, 1.165) is 12.3 Å². The van der Waals surface area contributed by atoms with Crippen LogP contribution in [0.5, 0.6) is 5.75 Å². The predicted octanol–water partition coefficient (Wildman–Crippen LogP) is 4.58. The number of rotatable bonds is 5. The molecule has 38 heavy (non-hydrogen) atoms. The average molecular weight is 527 g/mol. The minimum Gasteiger partial charge on any atom is -0.431 e. The van der Waals surface area contributed by atoms with Gasteiger partial charge in [0.1, 0.15) is 5.82 Å². The van der Waals surface area contributed by atoms with Crippen LogP contribution in [0.1, 0.15) is 60.3 Å². The number of carbonyl (C=O) groups excluding carboxylic acids is 2. The molecule has 1 saturated heterocycles. The van der Waals surface area contributed by atoms with Gasteiger partial charge in [-0.2, -0.15) is 5.10 Å². The van der Waals surface area contributed by atoms with Crippen LogP contribution in [0.25, 0.3) is 0 Å². The van der Waals surface area contributed by atoms with Crippen molar-refractivity contribution in [2.24, 2.45) is 0 Å². The van der Waals surface area contributed by atoms with Crippen LogP contribution in [0.4, 0.5) is 18.0 Å². The summed E-state index contributed by atoms with van der Waals surface area (Å²) >= 11 is 0. The van der Waals surface area contributed by atoms with Crippen molar-refractivity contribution in [2.45, 2.75) is 50.8 Å². The number of aromatic nitrogens is 2. The first-order valence-corrected chi connectivity index (χ1v) is 12.2. The lowest BCUT2D eigenvalue weighted by atomic mass is 9.79. The van der Waals surface area contributed by atoms with Crippen LogP contribution in [-0.2, 0) is 4.74 Å². The van der Waals surface area contributed by atoms with Gasteiger partial charge in [0.15, 0.2) is 17.3 Å². The molecule has 0 radical (unpaired) electrons. The van der Waals surface area contributed by atoms with E-state index in [1.165, 1.54) is 46.0 Å². The van der Waals surface area contributed by atoms with Crippen molar-refractivity contribution in [3.8, 4) is 5.75 Å². The molecular formula is C27H24F3N3O5. The maximum Gasteiger partial charge on any atom is 0.514 e. The topological polar surface area (TPSA) is 90.7 Å². The lowest BCUT2D eigenvalue weighted by Crippen LogP contribution is -2.51. The zero-order chi connectivity index (χ0) is 27.1. The van der Waals surface area contributed by atoms with Crippen LogP contribution < -0.4 is 10.2 Å². The fraction of sp³-hybridized carbons (Fsp3) is 0.333. The van der Waals surface area contributed by atoms with Gasteiger partial charge in [-0.1, -0.05) is 24.3 Å². The standard InChI is InChI=1S/C27H24F3N3O5/c1-14(2)37-27(36)38-25-20(34)13-31-33-23(19-7-4-12-32(19)26(35)24(25)33)21(15-8-10-16(28)11-9-15)17-5-3-6-18(29)22(17)30/h3,5-6,8-11,13-14,19,21,23H,4,7,12H2,1-2H3/t19-,21?,23-/m1/s1. The minimum absolute atomic E-state index is 0.0315. The minimum atomic E-state index is -1.18. The summed E-state index contributed by atoms with van der Waals surface area (Å²) in [7, 11) is 0. The van der Waals surface area contributed by atoms with E-state index >= 15 is 4.39 Å². The summed E-state index contributed by atoms with van der Waals surface area (Å²) in [6.45, 7) is 3.51. The lowest BCUT2D eigenvalue weighted by molar-refractivity contribution is 0.0543. The Morgan fingerprint density at radius 2 is 1.82 bits per heavy atom. The highest BCUT2D eigenvalue weighted by Crippen LogP contribution is 2.46. The Labute approximate surface area is 215 Å². The van der Waals surface area contributed by atoms with E-state index in [9.17, 15) is 23.2 Å². The molecule has 1 amide bonds. The Morgan fingerprint density at radius 3 is 2.53 bits per heavy atom. The molecule has 0 aliphatic carbocycles. The van der Waals surface area contributed by atoms with Gasteiger partial charge < -0.3 is 14.4 Å². The number of halogens is 3. The summed E-state index contributed by atoms with van der Waals surface area (Å²) in [5.74, 6) is -4.78. The van der Waals surface area contributed by atoms with Crippen molar-refractivity contribution in [3.63, 3.8) is 0 Å². The highest BCUT2D eigenvalue weighted by molar-refractivity contribution is 5.97. The zero-order valence-corrected chi connectivity index (χ0v) is 20.6. The maximum absolute atomic E-state index is 15.3. The number of carbonyl (C=O) groups is 2. The first-order chi connectivity index (χ1) is 18.2. The third-order valence-electron chi connectivity index (χ3n) is 6.81. The van der Waals surface area contributed by atoms with Gasteiger partial charge in [-0.15, -0.1) is 0 Å². The van der Waals surface area contributed by atoms with Gasteiger partial charge in [-0.05, 0) is 50.5 Å². The maximum atomic E-state index is 15.3. The van der Waals surface area contributed by atoms with Gasteiger partial charge >= 0.3 is 6.16 Å². The summed E-state index contributed by atoms with van der Waals surface area (Å²) in [6.07, 6.45) is 0.303. The second-order valence-electron chi connectivity index (χ2n) is 9.52. The van der Waals surface area contributed by atoms with Gasteiger partial charge in [0.05, 0.1) is 24.4 Å². The van der Waals surface area contributed by atoms with Crippen LogP contribution in [0.2, 0.25) is 0 Å². The third-order valence-corrected chi connectivity index (χ3v) is 6.81. The van der Waals surface area contributed by atoms with Crippen molar-refractivity contribution in [2.75, 3.05) is 6.54 Å². The molecule has 2 aliphatic rings. The van der Waals surface area contributed by atoms with Crippen molar-refractivity contribution >= 4 is 12.1 Å². The molecule has 11 heteroatoms. The summed E-state index contributed by atoms with van der Waals surface area (Å²) in [5, 5.41) is 4.22. The van der Waals surface area contributed by atoms with E-state index in [-0.39, 0.29) is 11.3 Å². The Kier molecular flexibility index (Phi) is 6.68. The van der Waals surface area contributed by atoms with Gasteiger partial charge in [-0.3, -0.25) is 9.59 Å². The predicted molar refractivity (Wildman–Crippen MR) is 128 cm³/mol. The van der Waals surface area contributed by atoms with Crippen LogP contribution in [-0.4, -0.2) is 45.4 Å². The number of hydrogen-bond acceptors (Lipinski definition) is 6. The first-order valence-electron chi connectivity index (χ1n) is 12.2. The number of amides is 1. The fourth-order valence-electron chi connectivity index (χ4n) is 5.32. The van der Waals surface area contributed by atoms with Crippen molar-refractivity contribution < 1.29 is 32.2 Å². The Hall–Kier alpha value is -4.15. The second kappa shape index (κ2) is 9.96. The molecule has 2 aliphatic heterocycles. The Balaban J connectivity index is 1.75. The number of hydrogen-bond donors (Lipinski definition) is 0. The SMILES string of the molecule is CC(C)OC(=O)Oc1c2n(ncc1=O)[C@@H](C(c1ccc(F)cc1)c1cccc(F)c1F)[C@H]1CCCN1C2=O. The van der Waals surface area contributed by atoms with Crippen LogP contribution >= 0.6 is 0 Å². The van der Waals surface area contributed by atoms with E-state index in [0.29, 0.717) is 24.9 Å². The van der Waals surface area contributed by atoms with Crippen molar-refractivity contribution in [1.29, 1.82) is 0 Å². The number of fused-ring (bicyclic) bond motifs is 2. The van der Waals surface area contributed by atoms with Crippen molar-refractivity contribution in [1.82, 2.24) is 14.7 Å². The van der Waals surface area contributed by atoms with E-state index in [1.54, 1.807) is 13.8 Å². The van der Waals surface area contributed by atoms with E-state index in [4.69, 9.17) is 9.47 Å². The van der Waals surface area contributed by atoms with E-state index < -0.39 is 64.8 Å². The van der Waals surface area contributed by atoms with Crippen LogP contribution in [0.15, 0.2) is 53.5 Å². The molecule has 5 rings (SSSR count). The quantitative estimate of drug-likeness (QED) is 0.452. The van der Waals surface area contributed by atoms with Gasteiger partial charge in [0.25, 0.3) is 5.91 Å². The average Bonchev–Trinajstić information content (AvgIpc) is 3.36. The summed E-state index contributed by atoms with van der Waals surface area (Å²) in [4.78, 5) is 40.2. The largest absolute Gasteiger partial charge is 0.514 e. The second-order valence-corrected chi connectivity index (χ2v) is 9.52. The fourth-order valence-corrected chi connectivity index (χ4v) is 5.32. The summed E-state index contributed by atoms with van der Waals surface area (Å²) in [6, 6.07) is 7.73. The van der Waals surface area contributed by atoms with Crippen LogP contribution in [0.3, 0.4) is 0 Å². The van der Waals surface area contributed by atoms with Crippen LogP contribution in [0, 0.1) is 17.5 Å². The summed E-state index contributed by atoms with van der Waals surface area (Å²) in [5.41, 5.74) is -0.714. The van der Waals surface area contributed by atoms with Gasteiger partial charge in [0.2, 0.25) is 11.2 Å². The zero-order valence-electron chi connectivity index (χ0n) is 20.6. The Bertz CT molecular complexity index is 1460. The Morgan fingerprint density at radius 1 is 1.08 bits per heavy atom. The van der Waals surface area contributed by atoms with E-state index in [1.807, 2.05) is 0 Å². The molecular weight excluding hydrogens is 503 g/mol. The molecule has 8 nitrogen and oxygen atoms in total. The molecule has 0 bridgehead atoms. The molecule has 0 spiro atoms. The molecule has 198 valence electrons. The number of benzene rings is 2. The number of ether oxygens (including phenoxy) is 2. The molecule has 3 heterocycles. The lowest BCUT2D eigenvalue weighted by Gasteiger charge is -2.42. The van der Waals surface area contributed by atoms with Gasteiger partial charge in [0, 0.05) is 18.0 Å². The highest BCUT2D eigenvalue weighted by atomic mass is 19.2. The van der Waals surface area contributed by atoms with Gasteiger partial charge in [-0.25, -0.2) is 22.6 Å². The number of nitrogens with zero attached hydrogens (tertiary/aromatic N) is 3. The third kappa shape index (κ3) is 4.42. The monoisotopic (exact) mass is 527 g/mol. The highest BCUT2D eigenvalue weighted by Gasteiger charge is 2.49. The molecule has 3 aromatic rings. The molecule has 1 aromatic heterocycles. The molecule has 1 fully saturated rings. The normalized spacial score (nSPS) is 19.2. The smallest absolute Gasteiger partial charge is 0.431 e.